The third-order valence-electron chi connectivity index (χ3n) is 5.81. The molecule has 6 nitrogen and oxygen atoms in total. The van der Waals surface area contributed by atoms with Crippen LogP contribution in [0.25, 0.3) is 0 Å². The molecule has 0 bridgehead atoms. The van der Waals surface area contributed by atoms with Gasteiger partial charge in [0.1, 0.15) is 11.4 Å². The lowest BCUT2D eigenvalue weighted by atomic mass is 9.80. The van der Waals surface area contributed by atoms with Crippen LogP contribution in [-0.2, 0) is 9.59 Å². The van der Waals surface area contributed by atoms with E-state index in [2.05, 4.69) is 44.0 Å². The number of likely N-dealkylation sites (tertiary alicyclic amines) is 1. The molecule has 32 heavy (non-hydrogen) atoms. The van der Waals surface area contributed by atoms with E-state index >= 15 is 0 Å². The van der Waals surface area contributed by atoms with Crippen molar-refractivity contribution >= 4 is 11.9 Å². The van der Waals surface area contributed by atoms with Gasteiger partial charge in [-0.25, -0.2) is 4.79 Å². The number of ether oxygens (including phenoxy) is 1. The molecule has 2 aliphatic heterocycles. The van der Waals surface area contributed by atoms with Gasteiger partial charge in [0.15, 0.2) is 0 Å². The van der Waals surface area contributed by atoms with Gasteiger partial charge in [0, 0.05) is 37.5 Å². The van der Waals surface area contributed by atoms with Crippen molar-refractivity contribution in [1.29, 1.82) is 0 Å². The second-order valence-electron chi connectivity index (χ2n) is 9.18. The van der Waals surface area contributed by atoms with Crippen molar-refractivity contribution in [2.75, 3.05) is 13.1 Å². The normalized spacial score (nSPS) is 20.2. The van der Waals surface area contributed by atoms with Crippen LogP contribution in [0.4, 0.5) is 13.2 Å². The molecular formula is C23H33F3N2O4. The number of hydrogen-bond donors (Lipinski definition) is 2. The van der Waals surface area contributed by atoms with Gasteiger partial charge in [0.05, 0.1) is 6.04 Å². The minimum atomic E-state index is -5.08. The second kappa shape index (κ2) is 10.6. The molecule has 1 atom stereocenters. The minimum Gasteiger partial charge on any atom is -0.487 e. The van der Waals surface area contributed by atoms with Gasteiger partial charge >= 0.3 is 12.1 Å². The summed E-state index contributed by atoms with van der Waals surface area (Å²) in [4.78, 5) is 23.8. The van der Waals surface area contributed by atoms with Crippen LogP contribution >= 0.6 is 0 Å². The topological polar surface area (TPSA) is 78.9 Å². The number of carboxylic acid groups (broad SMARTS) is 1. The van der Waals surface area contributed by atoms with Crippen molar-refractivity contribution in [3.63, 3.8) is 0 Å². The standard InChI is InChI=1S/C21H32N2O2.C2HF3O2/c1-15(2)13-20(24)22-18-14-21(9-11-23(12-10-21)16(3)4)25-19-8-6-5-7-17(18)19;3-2(4,5)1(6)7/h5-8,15-16,18H,9-14H2,1-4H3,(H,22,24);(H,6,7). The number of carboxylic acids is 1. The summed E-state index contributed by atoms with van der Waals surface area (Å²) in [5.41, 5.74) is 0.978. The molecule has 1 spiro atoms. The number of benzene rings is 1. The molecule has 1 amide bonds. The van der Waals surface area contributed by atoms with E-state index in [0.29, 0.717) is 18.4 Å². The second-order valence-corrected chi connectivity index (χ2v) is 9.18. The van der Waals surface area contributed by atoms with Crippen molar-refractivity contribution < 1.29 is 32.6 Å². The Morgan fingerprint density at radius 3 is 2.25 bits per heavy atom. The van der Waals surface area contributed by atoms with Crippen LogP contribution in [0.5, 0.6) is 5.75 Å². The maximum absolute atomic E-state index is 12.4. The SMILES string of the molecule is CC(C)CC(=O)NC1CC2(CCN(C(C)C)CC2)Oc2ccccc21.O=C(O)C(F)(F)F. The number of nitrogens with one attached hydrogen (secondary N) is 1. The van der Waals surface area contributed by atoms with Gasteiger partial charge in [-0.3, -0.25) is 4.79 Å². The van der Waals surface area contributed by atoms with E-state index in [1.54, 1.807) is 0 Å². The molecule has 0 aromatic heterocycles. The van der Waals surface area contributed by atoms with Crippen molar-refractivity contribution in [3.05, 3.63) is 29.8 Å². The van der Waals surface area contributed by atoms with E-state index in [4.69, 9.17) is 14.6 Å². The Morgan fingerprint density at radius 2 is 1.75 bits per heavy atom. The lowest BCUT2D eigenvalue weighted by Gasteiger charge is -2.47. The average molecular weight is 459 g/mol. The number of piperidine rings is 1. The van der Waals surface area contributed by atoms with Crippen LogP contribution in [0, 0.1) is 5.92 Å². The summed E-state index contributed by atoms with van der Waals surface area (Å²) < 4.78 is 38.2. The first-order valence-electron chi connectivity index (χ1n) is 10.9. The zero-order chi connectivity index (χ0) is 24.1. The number of halogens is 3. The molecule has 1 unspecified atom stereocenters. The van der Waals surface area contributed by atoms with Crippen molar-refractivity contribution in [3.8, 4) is 5.75 Å². The number of para-hydroxylation sites is 1. The van der Waals surface area contributed by atoms with Gasteiger partial charge in [-0.1, -0.05) is 32.0 Å². The van der Waals surface area contributed by atoms with E-state index in [1.165, 1.54) is 0 Å². The zero-order valence-electron chi connectivity index (χ0n) is 19.0. The van der Waals surface area contributed by atoms with Crippen LogP contribution in [0.15, 0.2) is 24.3 Å². The first-order chi connectivity index (χ1) is 14.8. The van der Waals surface area contributed by atoms with Gasteiger partial charge in [-0.2, -0.15) is 13.2 Å². The maximum atomic E-state index is 12.4. The Labute approximate surface area is 187 Å². The summed E-state index contributed by atoms with van der Waals surface area (Å²) in [5.74, 6) is -1.29. The van der Waals surface area contributed by atoms with Crippen molar-refractivity contribution in [1.82, 2.24) is 10.2 Å². The third kappa shape index (κ3) is 7.12. The molecule has 0 saturated carbocycles. The van der Waals surface area contributed by atoms with E-state index in [1.807, 2.05) is 18.2 Å². The van der Waals surface area contributed by atoms with Crippen LogP contribution in [0.3, 0.4) is 0 Å². The summed E-state index contributed by atoms with van der Waals surface area (Å²) in [5, 5.41) is 10.4. The van der Waals surface area contributed by atoms with Crippen LogP contribution in [-0.4, -0.2) is 52.8 Å². The lowest BCUT2D eigenvalue weighted by molar-refractivity contribution is -0.192. The van der Waals surface area contributed by atoms with E-state index in [9.17, 15) is 18.0 Å². The molecule has 1 aromatic rings. The number of hydrogen-bond acceptors (Lipinski definition) is 4. The third-order valence-corrected chi connectivity index (χ3v) is 5.81. The number of carbonyl (C=O) groups excluding carboxylic acids is 1. The molecular weight excluding hydrogens is 425 g/mol. The fourth-order valence-corrected chi connectivity index (χ4v) is 4.13. The van der Waals surface area contributed by atoms with Crippen LogP contribution < -0.4 is 10.1 Å². The van der Waals surface area contributed by atoms with Gasteiger partial charge in [0.2, 0.25) is 5.91 Å². The molecule has 0 radical (unpaired) electrons. The number of fused-ring (bicyclic) bond motifs is 1. The Hall–Kier alpha value is -2.29. The number of nitrogens with zero attached hydrogens (tertiary/aromatic N) is 1. The average Bonchev–Trinajstić information content (AvgIpc) is 2.67. The number of alkyl halides is 3. The van der Waals surface area contributed by atoms with E-state index < -0.39 is 12.1 Å². The fourth-order valence-electron chi connectivity index (χ4n) is 4.13. The first-order valence-corrected chi connectivity index (χ1v) is 10.9. The van der Waals surface area contributed by atoms with E-state index in [-0.39, 0.29) is 17.6 Å². The van der Waals surface area contributed by atoms with Gasteiger partial charge in [-0.15, -0.1) is 0 Å². The molecule has 180 valence electrons. The smallest absolute Gasteiger partial charge is 0.487 e. The summed E-state index contributed by atoms with van der Waals surface area (Å²) in [6.07, 6.45) is -1.58. The minimum absolute atomic E-state index is 0.0572. The summed E-state index contributed by atoms with van der Waals surface area (Å²) in [6, 6.07) is 8.83. The molecule has 2 heterocycles. The molecule has 1 fully saturated rings. The van der Waals surface area contributed by atoms with Gasteiger partial charge < -0.3 is 20.1 Å². The van der Waals surface area contributed by atoms with Crippen molar-refractivity contribution in [2.45, 2.75) is 77.2 Å². The Kier molecular flexibility index (Phi) is 8.56. The van der Waals surface area contributed by atoms with E-state index in [0.717, 1.165) is 43.7 Å². The molecule has 0 aliphatic carbocycles. The zero-order valence-corrected chi connectivity index (χ0v) is 19.0. The lowest BCUT2D eigenvalue weighted by Crippen LogP contribution is -2.53. The molecule has 2 aliphatic rings. The number of amides is 1. The number of aliphatic carboxylic acids is 1. The van der Waals surface area contributed by atoms with Crippen LogP contribution in [0.1, 0.15) is 65.0 Å². The maximum Gasteiger partial charge on any atom is 0.490 e. The largest absolute Gasteiger partial charge is 0.490 e. The fraction of sp³-hybridized carbons (Fsp3) is 0.652. The summed E-state index contributed by atoms with van der Waals surface area (Å²) in [6.45, 7) is 10.8. The van der Waals surface area contributed by atoms with Crippen LogP contribution in [0.2, 0.25) is 0 Å². The molecule has 3 rings (SSSR count). The Bertz CT molecular complexity index is 788. The van der Waals surface area contributed by atoms with Gasteiger partial charge in [-0.05, 0) is 38.7 Å². The Balaban J connectivity index is 0.000000451. The quantitative estimate of drug-likeness (QED) is 0.692. The highest BCUT2D eigenvalue weighted by Crippen LogP contribution is 2.44. The number of rotatable bonds is 4. The predicted molar refractivity (Wildman–Crippen MR) is 114 cm³/mol. The van der Waals surface area contributed by atoms with Crippen molar-refractivity contribution in [2.24, 2.45) is 5.92 Å². The molecule has 9 heteroatoms. The first kappa shape index (κ1) is 26.0. The predicted octanol–water partition coefficient (Wildman–Crippen LogP) is 4.55. The summed E-state index contributed by atoms with van der Waals surface area (Å²) >= 11 is 0. The number of carbonyl (C=O) groups is 2. The molecule has 2 N–H and O–H groups in total. The molecule has 1 saturated heterocycles. The summed E-state index contributed by atoms with van der Waals surface area (Å²) in [7, 11) is 0. The monoisotopic (exact) mass is 458 g/mol. The Morgan fingerprint density at radius 1 is 1.19 bits per heavy atom. The molecule has 1 aromatic carbocycles. The van der Waals surface area contributed by atoms with Gasteiger partial charge in [0.25, 0.3) is 0 Å². The highest BCUT2D eigenvalue weighted by atomic mass is 19.4. The highest BCUT2D eigenvalue weighted by molar-refractivity contribution is 5.76. The highest BCUT2D eigenvalue weighted by Gasteiger charge is 2.44.